The van der Waals surface area contributed by atoms with Gasteiger partial charge < -0.3 is 10.6 Å². The summed E-state index contributed by atoms with van der Waals surface area (Å²) in [6, 6.07) is 3.99. The Morgan fingerprint density at radius 2 is 1.76 bits per heavy atom. The van der Waals surface area contributed by atoms with Crippen LogP contribution in [0.25, 0.3) is 0 Å². The molecule has 0 saturated heterocycles. The Bertz CT molecular complexity index is 329. The van der Waals surface area contributed by atoms with Gasteiger partial charge in [-0.2, -0.15) is 0 Å². The summed E-state index contributed by atoms with van der Waals surface area (Å²) < 4.78 is 25.5. The summed E-state index contributed by atoms with van der Waals surface area (Å²) in [6.45, 7) is 5.61. The Hall–Kier alpha value is -1.00. The minimum atomic E-state index is -0.794. The standard InChI is InChI=1S/C13H20F2N2/c1-2-6-16-7-3-8-17-10-11-4-5-12(14)13(15)9-11/h4-5,9,16-17H,2-3,6-8,10H2,1H3. The van der Waals surface area contributed by atoms with E-state index in [4.69, 9.17) is 0 Å². The SMILES string of the molecule is CCCNCCCNCc1ccc(F)c(F)c1. The molecule has 0 atom stereocenters. The molecule has 0 saturated carbocycles. The molecule has 0 aliphatic heterocycles. The minimum absolute atomic E-state index is 0.574. The lowest BCUT2D eigenvalue weighted by Crippen LogP contribution is -2.22. The Kier molecular flexibility index (Phi) is 6.74. The summed E-state index contributed by atoms with van der Waals surface area (Å²) in [5.41, 5.74) is 0.769. The number of halogens is 2. The molecule has 0 bridgehead atoms. The van der Waals surface area contributed by atoms with Gasteiger partial charge in [0, 0.05) is 6.54 Å². The van der Waals surface area contributed by atoms with Crippen molar-refractivity contribution in [3.8, 4) is 0 Å². The molecule has 1 aromatic carbocycles. The van der Waals surface area contributed by atoms with Crippen LogP contribution >= 0.6 is 0 Å². The van der Waals surface area contributed by atoms with E-state index in [9.17, 15) is 8.78 Å². The van der Waals surface area contributed by atoms with Crippen molar-refractivity contribution >= 4 is 0 Å². The average Bonchev–Trinajstić information content (AvgIpc) is 2.32. The van der Waals surface area contributed by atoms with Crippen molar-refractivity contribution in [3.63, 3.8) is 0 Å². The van der Waals surface area contributed by atoms with Crippen molar-refractivity contribution in [1.29, 1.82) is 0 Å². The Balaban J connectivity index is 2.11. The molecule has 0 fully saturated rings. The van der Waals surface area contributed by atoms with Crippen LogP contribution in [0.3, 0.4) is 0 Å². The molecule has 96 valence electrons. The maximum Gasteiger partial charge on any atom is 0.159 e. The predicted molar refractivity (Wildman–Crippen MR) is 65.8 cm³/mol. The van der Waals surface area contributed by atoms with Crippen LogP contribution < -0.4 is 10.6 Å². The molecule has 0 amide bonds. The lowest BCUT2D eigenvalue weighted by Gasteiger charge is -2.06. The van der Waals surface area contributed by atoms with Gasteiger partial charge >= 0.3 is 0 Å². The largest absolute Gasteiger partial charge is 0.317 e. The average molecular weight is 242 g/mol. The van der Waals surface area contributed by atoms with Crippen LogP contribution in [0.4, 0.5) is 8.78 Å². The molecular weight excluding hydrogens is 222 g/mol. The van der Waals surface area contributed by atoms with Gasteiger partial charge in [-0.25, -0.2) is 8.78 Å². The zero-order chi connectivity index (χ0) is 12.5. The van der Waals surface area contributed by atoms with Gasteiger partial charge in [0.1, 0.15) is 0 Å². The molecule has 0 aliphatic rings. The van der Waals surface area contributed by atoms with Crippen LogP contribution in [-0.4, -0.2) is 19.6 Å². The molecule has 0 radical (unpaired) electrons. The molecule has 1 aromatic rings. The maximum atomic E-state index is 12.9. The number of rotatable bonds is 8. The van der Waals surface area contributed by atoms with E-state index in [0.717, 1.165) is 44.1 Å². The number of benzene rings is 1. The van der Waals surface area contributed by atoms with Crippen molar-refractivity contribution in [3.05, 3.63) is 35.4 Å². The van der Waals surface area contributed by atoms with Crippen molar-refractivity contribution in [2.45, 2.75) is 26.3 Å². The molecule has 4 heteroatoms. The summed E-state index contributed by atoms with van der Waals surface area (Å²) in [4.78, 5) is 0. The van der Waals surface area contributed by atoms with Crippen LogP contribution in [-0.2, 0) is 6.54 Å². The molecule has 0 heterocycles. The molecule has 0 spiro atoms. The summed E-state index contributed by atoms with van der Waals surface area (Å²) in [5.74, 6) is -1.58. The topological polar surface area (TPSA) is 24.1 Å². The first kappa shape index (κ1) is 14.1. The Labute approximate surface area is 101 Å². The van der Waals surface area contributed by atoms with Gasteiger partial charge in [0.25, 0.3) is 0 Å². The quantitative estimate of drug-likeness (QED) is 0.684. The highest BCUT2D eigenvalue weighted by molar-refractivity contribution is 5.17. The highest BCUT2D eigenvalue weighted by Crippen LogP contribution is 2.08. The first-order chi connectivity index (χ1) is 8.24. The summed E-state index contributed by atoms with van der Waals surface area (Å²) in [6.07, 6.45) is 2.17. The second-order valence-electron chi connectivity index (χ2n) is 4.03. The van der Waals surface area contributed by atoms with E-state index >= 15 is 0 Å². The summed E-state index contributed by atoms with van der Waals surface area (Å²) in [7, 11) is 0. The monoisotopic (exact) mass is 242 g/mol. The summed E-state index contributed by atoms with van der Waals surface area (Å²) >= 11 is 0. The van der Waals surface area contributed by atoms with Gasteiger partial charge in [-0.1, -0.05) is 13.0 Å². The normalized spacial score (nSPS) is 10.8. The molecular formula is C13H20F2N2. The van der Waals surface area contributed by atoms with Crippen LogP contribution in [0, 0.1) is 11.6 Å². The molecule has 17 heavy (non-hydrogen) atoms. The van der Waals surface area contributed by atoms with E-state index in [0.29, 0.717) is 6.54 Å². The third-order valence-electron chi connectivity index (χ3n) is 2.45. The predicted octanol–water partition coefficient (Wildman–Crippen LogP) is 2.44. The smallest absolute Gasteiger partial charge is 0.159 e. The molecule has 0 unspecified atom stereocenters. The highest BCUT2D eigenvalue weighted by atomic mass is 19.2. The molecule has 0 aromatic heterocycles. The number of nitrogens with one attached hydrogen (secondary N) is 2. The van der Waals surface area contributed by atoms with E-state index in [1.165, 1.54) is 6.07 Å². The third-order valence-corrected chi connectivity index (χ3v) is 2.45. The van der Waals surface area contributed by atoms with E-state index < -0.39 is 11.6 Å². The van der Waals surface area contributed by atoms with Crippen LogP contribution in [0.1, 0.15) is 25.3 Å². The first-order valence-corrected chi connectivity index (χ1v) is 6.09. The Morgan fingerprint density at radius 3 is 2.47 bits per heavy atom. The molecule has 0 aliphatic carbocycles. The Morgan fingerprint density at radius 1 is 1.00 bits per heavy atom. The maximum absolute atomic E-state index is 12.9. The van der Waals surface area contributed by atoms with Gasteiger partial charge in [-0.3, -0.25) is 0 Å². The third kappa shape index (κ3) is 5.75. The number of hydrogen-bond donors (Lipinski definition) is 2. The van der Waals surface area contributed by atoms with Gasteiger partial charge in [-0.15, -0.1) is 0 Å². The van der Waals surface area contributed by atoms with Crippen molar-refractivity contribution in [2.24, 2.45) is 0 Å². The van der Waals surface area contributed by atoms with Crippen molar-refractivity contribution < 1.29 is 8.78 Å². The summed E-state index contributed by atoms with van der Waals surface area (Å²) in [5, 5.41) is 6.50. The first-order valence-electron chi connectivity index (χ1n) is 6.09. The van der Waals surface area contributed by atoms with Crippen LogP contribution in [0.15, 0.2) is 18.2 Å². The fraction of sp³-hybridized carbons (Fsp3) is 0.538. The van der Waals surface area contributed by atoms with Gasteiger partial charge in [0.2, 0.25) is 0 Å². The lowest BCUT2D eigenvalue weighted by molar-refractivity contribution is 0.505. The second-order valence-corrected chi connectivity index (χ2v) is 4.03. The molecule has 1 rings (SSSR count). The van der Waals surface area contributed by atoms with Crippen molar-refractivity contribution in [1.82, 2.24) is 10.6 Å². The fourth-order valence-corrected chi connectivity index (χ4v) is 1.52. The van der Waals surface area contributed by atoms with Gasteiger partial charge in [-0.05, 0) is 50.2 Å². The van der Waals surface area contributed by atoms with Crippen LogP contribution in [0.2, 0.25) is 0 Å². The molecule has 2 N–H and O–H groups in total. The van der Waals surface area contributed by atoms with E-state index in [-0.39, 0.29) is 0 Å². The van der Waals surface area contributed by atoms with Crippen LogP contribution in [0.5, 0.6) is 0 Å². The molecule has 2 nitrogen and oxygen atoms in total. The zero-order valence-electron chi connectivity index (χ0n) is 10.2. The van der Waals surface area contributed by atoms with E-state index in [2.05, 4.69) is 17.6 Å². The second kappa shape index (κ2) is 8.14. The van der Waals surface area contributed by atoms with Gasteiger partial charge in [0.05, 0.1) is 0 Å². The fourth-order valence-electron chi connectivity index (χ4n) is 1.52. The van der Waals surface area contributed by atoms with Gasteiger partial charge in [0.15, 0.2) is 11.6 Å². The highest BCUT2D eigenvalue weighted by Gasteiger charge is 2.01. The lowest BCUT2D eigenvalue weighted by atomic mass is 10.2. The van der Waals surface area contributed by atoms with E-state index in [1.807, 2.05) is 0 Å². The van der Waals surface area contributed by atoms with E-state index in [1.54, 1.807) is 6.07 Å². The number of hydrogen-bond acceptors (Lipinski definition) is 2. The van der Waals surface area contributed by atoms with Crippen molar-refractivity contribution in [2.75, 3.05) is 19.6 Å². The minimum Gasteiger partial charge on any atom is -0.317 e. The zero-order valence-corrected chi connectivity index (χ0v) is 10.2.